The molecule has 0 saturated carbocycles. The van der Waals surface area contributed by atoms with E-state index >= 15 is 0 Å². The fraction of sp³-hybridized carbons (Fsp3) is 0.261. The molecule has 0 atom stereocenters. The first kappa shape index (κ1) is 21.7. The number of aromatic nitrogens is 4. The van der Waals surface area contributed by atoms with Gasteiger partial charge in [0.1, 0.15) is 29.7 Å². The first-order valence-corrected chi connectivity index (χ1v) is 10.4. The Hall–Kier alpha value is -3.52. The van der Waals surface area contributed by atoms with Gasteiger partial charge in [0, 0.05) is 30.2 Å². The van der Waals surface area contributed by atoms with Gasteiger partial charge in [-0.15, -0.1) is 0 Å². The quantitative estimate of drug-likeness (QED) is 0.459. The van der Waals surface area contributed by atoms with Crippen molar-refractivity contribution in [3.8, 4) is 17.0 Å². The zero-order valence-electron chi connectivity index (χ0n) is 18.6. The Morgan fingerprint density at radius 3 is 2.69 bits per heavy atom. The number of nitrogens with one attached hydrogen (secondary N) is 1. The van der Waals surface area contributed by atoms with Crippen LogP contribution in [0.5, 0.6) is 5.75 Å². The van der Waals surface area contributed by atoms with Gasteiger partial charge in [0.25, 0.3) is 0 Å². The maximum Gasteiger partial charge on any atom is 0.413 e. The van der Waals surface area contributed by atoms with E-state index < -0.39 is 6.09 Å². The molecule has 1 N–H and O–H groups in total. The summed E-state index contributed by atoms with van der Waals surface area (Å²) >= 11 is 6.07. The average molecular weight is 454 g/mol. The Bertz CT molecular complexity index is 1330. The number of fused-ring (bicyclic) bond motifs is 1. The number of rotatable bonds is 5. The van der Waals surface area contributed by atoms with Crippen molar-refractivity contribution >= 4 is 34.5 Å². The van der Waals surface area contributed by atoms with E-state index in [-0.39, 0.29) is 6.61 Å². The molecule has 0 aliphatic carbocycles. The van der Waals surface area contributed by atoms with Gasteiger partial charge in [-0.3, -0.25) is 10.00 Å². The van der Waals surface area contributed by atoms with Gasteiger partial charge in [-0.25, -0.2) is 9.78 Å². The standard InChI is InChI=1S/C23H24ClN5O3/c1-13-21(17-8-7-16(24)11-20(17)31-5)27-29(4)22(13)26-23(30)32-12-15-6-9-19-18(10-15)25-14(2)28(19)3/h6-11H,12H2,1-5H3,(H,26,30). The van der Waals surface area contributed by atoms with E-state index in [2.05, 4.69) is 15.4 Å². The van der Waals surface area contributed by atoms with Crippen LogP contribution in [0.4, 0.5) is 10.6 Å². The van der Waals surface area contributed by atoms with E-state index in [1.807, 2.05) is 49.7 Å². The topological polar surface area (TPSA) is 83.2 Å². The van der Waals surface area contributed by atoms with Gasteiger partial charge in [0.05, 0.1) is 18.1 Å². The molecule has 166 valence electrons. The van der Waals surface area contributed by atoms with Crippen molar-refractivity contribution < 1.29 is 14.3 Å². The zero-order valence-corrected chi connectivity index (χ0v) is 19.3. The number of ether oxygens (including phenoxy) is 2. The van der Waals surface area contributed by atoms with Crippen LogP contribution in [0.15, 0.2) is 36.4 Å². The van der Waals surface area contributed by atoms with Crippen LogP contribution in [0.1, 0.15) is 17.0 Å². The van der Waals surface area contributed by atoms with Crippen LogP contribution >= 0.6 is 11.6 Å². The van der Waals surface area contributed by atoms with Gasteiger partial charge in [0.15, 0.2) is 0 Å². The van der Waals surface area contributed by atoms with Gasteiger partial charge in [-0.2, -0.15) is 5.10 Å². The van der Waals surface area contributed by atoms with E-state index in [4.69, 9.17) is 21.1 Å². The summed E-state index contributed by atoms with van der Waals surface area (Å²) in [7, 11) is 5.30. The Morgan fingerprint density at radius 2 is 1.94 bits per heavy atom. The van der Waals surface area contributed by atoms with E-state index in [0.717, 1.165) is 33.5 Å². The van der Waals surface area contributed by atoms with Crippen LogP contribution in [0.2, 0.25) is 5.02 Å². The third kappa shape index (κ3) is 4.01. The molecule has 0 aliphatic rings. The molecule has 0 bridgehead atoms. The highest BCUT2D eigenvalue weighted by atomic mass is 35.5. The molecule has 32 heavy (non-hydrogen) atoms. The summed E-state index contributed by atoms with van der Waals surface area (Å²) in [6, 6.07) is 11.2. The number of amides is 1. The normalized spacial score (nSPS) is 11.1. The number of nitrogens with zero attached hydrogens (tertiary/aromatic N) is 4. The third-order valence-electron chi connectivity index (χ3n) is 5.46. The van der Waals surface area contributed by atoms with Crippen LogP contribution in [0.25, 0.3) is 22.3 Å². The first-order chi connectivity index (χ1) is 15.3. The highest BCUT2D eigenvalue weighted by Gasteiger charge is 2.19. The molecule has 4 rings (SSSR count). The number of benzene rings is 2. The van der Waals surface area contributed by atoms with Crippen molar-refractivity contribution in [3.05, 3.63) is 58.4 Å². The van der Waals surface area contributed by atoms with Gasteiger partial charge in [-0.1, -0.05) is 17.7 Å². The van der Waals surface area contributed by atoms with Crippen LogP contribution in [-0.4, -0.2) is 32.5 Å². The second-order valence-electron chi connectivity index (χ2n) is 7.53. The van der Waals surface area contributed by atoms with Crippen molar-refractivity contribution in [3.63, 3.8) is 0 Å². The van der Waals surface area contributed by atoms with E-state index in [0.29, 0.717) is 22.3 Å². The Morgan fingerprint density at radius 1 is 1.16 bits per heavy atom. The number of hydrogen-bond acceptors (Lipinski definition) is 5. The number of carbonyl (C=O) groups is 1. The molecular weight excluding hydrogens is 430 g/mol. The van der Waals surface area contributed by atoms with E-state index in [9.17, 15) is 4.79 Å². The summed E-state index contributed by atoms with van der Waals surface area (Å²) in [6.45, 7) is 3.96. The molecule has 0 spiro atoms. The lowest BCUT2D eigenvalue weighted by molar-refractivity contribution is 0.155. The lowest BCUT2D eigenvalue weighted by Gasteiger charge is -2.09. The van der Waals surface area contributed by atoms with Crippen LogP contribution in [-0.2, 0) is 25.4 Å². The van der Waals surface area contributed by atoms with Crippen molar-refractivity contribution in [1.82, 2.24) is 19.3 Å². The predicted molar refractivity (Wildman–Crippen MR) is 124 cm³/mol. The SMILES string of the molecule is COc1cc(Cl)ccc1-c1nn(C)c(NC(=O)OCc2ccc3c(c2)nc(C)n3C)c1C. The molecule has 8 nitrogen and oxygen atoms in total. The van der Waals surface area contributed by atoms with Gasteiger partial charge < -0.3 is 14.0 Å². The number of halogens is 1. The number of methoxy groups -OCH3 is 1. The van der Waals surface area contributed by atoms with Crippen molar-refractivity contribution in [2.45, 2.75) is 20.5 Å². The summed E-state index contributed by atoms with van der Waals surface area (Å²) in [5.74, 6) is 2.07. The van der Waals surface area contributed by atoms with Crippen molar-refractivity contribution in [2.24, 2.45) is 14.1 Å². The zero-order chi connectivity index (χ0) is 23.0. The Balaban J connectivity index is 1.49. The number of carbonyl (C=O) groups excluding carboxylic acids is 1. The molecule has 0 unspecified atom stereocenters. The largest absolute Gasteiger partial charge is 0.496 e. The molecule has 0 saturated heterocycles. The van der Waals surface area contributed by atoms with Crippen LogP contribution in [0, 0.1) is 13.8 Å². The molecule has 2 heterocycles. The van der Waals surface area contributed by atoms with Crippen LogP contribution < -0.4 is 10.1 Å². The summed E-state index contributed by atoms with van der Waals surface area (Å²) in [5.41, 5.74) is 5.02. The number of imidazole rings is 1. The molecule has 0 aliphatic heterocycles. The van der Waals surface area contributed by atoms with E-state index in [1.165, 1.54) is 0 Å². The summed E-state index contributed by atoms with van der Waals surface area (Å²) in [5, 5.41) is 7.91. The van der Waals surface area contributed by atoms with Crippen molar-refractivity contribution in [2.75, 3.05) is 12.4 Å². The summed E-state index contributed by atoms with van der Waals surface area (Å²) in [4.78, 5) is 17.0. The maximum absolute atomic E-state index is 12.5. The molecule has 1 amide bonds. The highest BCUT2D eigenvalue weighted by molar-refractivity contribution is 6.30. The van der Waals surface area contributed by atoms with Crippen LogP contribution in [0.3, 0.4) is 0 Å². The first-order valence-electron chi connectivity index (χ1n) is 10.0. The fourth-order valence-electron chi connectivity index (χ4n) is 3.66. The van der Waals surface area contributed by atoms with Gasteiger partial charge in [-0.05, 0) is 49.7 Å². The molecular formula is C23H24ClN5O3. The monoisotopic (exact) mass is 453 g/mol. The lowest BCUT2D eigenvalue weighted by atomic mass is 10.1. The van der Waals surface area contributed by atoms with Gasteiger partial charge >= 0.3 is 6.09 Å². The molecule has 9 heteroatoms. The minimum atomic E-state index is -0.567. The highest BCUT2D eigenvalue weighted by Crippen LogP contribution is 2.35. The molecule has 4 aromatic rings. The minimum Gasteiger partial charge on any atom is -0.496 e. The molecule has 0 fully saturated rings. The fourth-order valence-corrected chi connectivity index (χ4v) is 3.82. The van der Waals surface area contributed by atoms with E-state index in [1.54, 1.807) is 31.0 Å². The number of anilines is 1. The smallest absolute Gasteiger partial charge is 0.413 e. The predicted octanol–water partition coefficient (Wildman–Crippen LogP) is 5.00. The molecule has 2 aromatic heterocycles. The minimum absolute atomic E-state index is 0.131. The third-order valence-corrected chi connectivity index (χ3v) is 5.70. The Kier molecular flexibility index (Phi) is 5.80. The average Bonchev–Trinajstić information content (AvgIpc) is 3.21. The number of aryl methyl sites for hydroxylation is 3. The second kappa shape index (κ2) is 8.55. The number of hydrogen-bond donors (Lipinski definition) is 1. The van der Waals surface area contributed by atoms with Gasteiger partial charge in [0.2, 0.25) is 0 Å². The second-order valence-corrected chi connectivity index (χ2v) is 7.97. The Labute approximate surface area is 190 Å². The summed E-state index contributed by atoms with van der Waals surface area (Å²) < 4.78 is 14.5. The maximum atomic E-state index is 12.5. The summed E-state index contributed by atoms with van der Waals surface area (Å²) in [6.07, 6.45) is -0.567. The lowest BCUT2D eigenvalue weighted by Crippen LogP contribution is -2.16. The molecule has 0 radical (unpaired) electrons. The van der Waals surface area contributed by atoms with Crippen molar-refractivity contribution in [1.29, 1.82) is 0 Å². The molecule has 2 aromatic carbocycles.